The van der Waals surface area contributed by atoms with Crippen LogP contribution in [0, 0.1) is 0 Å². The number of carbonyl (C=O) groups is 2. The molecule has 0 radical (unpaired) electrons. The van der Waals surface area contributed by atoms with Crippen molar-refractivity contribution in [2.75, 3.05) is 27.2 Å². The van der Waals surface area contributed by atoms with Crippen molar-refractivity contribution in [2.24, 2.45) is 5.73 Å². The first kappa shape index (κ1) is 23.9. The van der Waals surface area contributed by atoms with Crippen LogP contribution in [-0.2, 0) is 6.54 Å². The number of hydrogen-bond acceptors (Lipinski definition) is 6. The predicted molar refractivity (Wildman–Crippen MR) is 112 cm³/mol. The molecule has 3 rings (SSSR count). The topological polar surface area (TPSA) is 92.9 Å². The summed E-state index contributed by atoms with van der Waals surface area (Å²) >= 11 is 0. The molecule has 0 aromatic heterocycles. The average molecular weight is 427 g/mol. The van der Waals surface area contributed by atoms with Crippen LogP contribution in [0.25, 0.3) is 0 Å². The summed E-state index contributed by atoms with van der Waals surface area (Å²) in [4.78, 5) is 27.9. The number of ketones is 2. The first-order chi connectivity index (χ1) is 12.5. The van der Waals surface area contributed by atoms with Crippen LogP contribution in [0.5, 0.6) is 11.5 Å². The lowest BCUT2D eigenvalue weighted by Crippen LogP contribution is -2.23. The van der Waals surface area contributed by atoms with Crippen molar-refractivity contribution in [1.82, 2.24) is 4.90 Å². The highest BCUT2D eigenvalue weighted by molar-refractivity contribution is 6.30. The Bertz CT molecular complexity index is 885. The van der Waals surface area contributed by atoms with E-state index in [0.717, 1.165) is 13.0 Å². The lowest BCUT2D eigenvalue weighted by molar-refractivity contribution is 0.0973. The minimum Gasteiger partial charge on any atom is -0.507 e. The van der Waals surface area contributed by atoms with E-state index in [0.29, 0.717) is 23.5 Å². The lowest BCUT2D eigenvalue weighted by Gasteiger charge is -2.22. The second-order valence-corrected chi connectivity index (χ2v) is 6.54. The summed E-state index contributed by atoms with van der Waals surface area (Å²) in [6.45, 7) is 1.36. The summed E-state index contributed by atoms with van der Waals surface area (Å²) in [5.74, 6) is -0.572. The molecular formula is C20H24Cl2N2O4. The minimum absolute atomic E-state index is 0. The van der Waals surface area contributed by atoms with Gasteiger partial charge in [-0.3, -0.25) is 9.59 Å². The third-order valence-electron chi connectivity index (χ3n) is 4.46. The largest absolute Gasteiger partial charge is 0.507 e. The molecule has 0 aliphatic heterocycles. The van der Waals surface area contributed by atoms with Crippen molar-refractivity contribution in [3.05, 3.63) is 58.1 Å². The van der Waals surface area contributed by atoms with Crippen molar-refractivity contribution in [3.8, 4) is 11.5 Å². The highest BCUT2D eigenvalue weighted by atomic mass is 35.5. The van der Waals surface area contributed by atoms with Crippen LogP contribution in [0.15, 0.2) is 30.3 Å². The van der Waals surface area contributed by atoms with Crippen molar-refractivity contribution in [3.63, 3.8) is 0 Å². The van der Waals surface area contributed by atoms with Gasteiger partial charge in [0, 0.05) is 29.8 Å². The highest BCUT2D eigenvalue weighted by Gasteiger charge is 2.35. The molecular weight excluding hydrogens is 403 g/mol. The molecule has 8 heteroatoms. The molecule has 0 amide bonds. The Morgan fingerprint density at radius 2 is 1.68 bits per heavy atom. The van der Waals surface area contributed by atoms with Crippen LogP contribution < -0.4 is 10.5 Å². The first-order valence-electron chi connectivity index (χ1n) is 8.50. The Labute approximate surface area is 176 Å². The zero-order chi connectivity index (χ0) is 18.8. The van der Waals surface area contributed by atoms with Gasteiger partial charge in [-0.2, -0.15) is 0 Å². The summed E-state index contributed by atoms with van der Waals surface area (Å²) in [5, 5.41) is 10.4. The van der Waals surface area contributed by atoms with Gasteiger partial charge in [0.1, 0.15) is 11.5 Å². The number of carbonyl (C=O) groups excluding carboxylic acids is 2. The number of halogens is 2. The van der Waals surface area contributed by atoms with Crippen LogP contribution in [0.3, 0.4) is 0 Å². The van der Waals surface area contributed by atoms with Gasteiger partial charge < -0.3 is 20.5 Å². The van der Waals surface area contributed by atoms with Crippen LogP contribution in [0.1, 0.15) is 43.8 Å². The Balaban J connectivity index is 0.00000196. The summed E-state index contributed by atoms with van der Waals surface area (Å²) in [6, 6.07) is 8.11. The van der Waals surface area contributed by atoms with Crippen molar-refractivity contribution in [1.29, 1.82) is 0 Å². The van der Waals surface area contributed by atoms with Crippen LogP contribution in [0.2, 0.25) is 0 Å². The number of phenolic OH excluding ortho intramolecular Hbond substituents is 1. The van der Waals surface area contributed by atoms with E-state index in [1.54, 1.807) is 30.3 Å². The number of hydrogen-bond donors (Lipinski definition) is 2. The number of ether oxygens (including phenoxy) is 1. The van der Waals surface area contributed by atoms with E-state index in [2.05, 4.69) is 0 Å². The third kappa shape index (κ3) is 4.31. The molecule has 1 aliphatic rings. The molecule has 1 aliphatic carbocycles. The quantitative estimate of drug-likeness (QED) is 0.588. The molecule has 0 heterocycles. The predicted octanol–water partition coefficient (Wildman–Crippen LogP) is 2.80. The molecule has 0 bridgehead atoms. The van der Waals surface area contributed by atoms with E-state index in [1.165, 1.54) is 0 Å². The number of benzene rings is 2. The van der Waals surface area contributed by atoms with E-state index in [-0.39, 0.29) is 59.6 Å². The van der Waals surface area contributed by atoms with Gasteiger partial charge in [-0.15, -0.1) is 24.8 Å². The maximum absolute atomic E-state index is 13.1. The van der Waals surface area contributed by atoms with Gasteiger partial charge in [-0.05, 0) is 32.6 Å². The first-order valence-corrected chi connectivity index (χ1v) is 8.50. The molecule has 28 heavy (non-hydrogen) atoms. The van der Waals surface area contributed by atoms with Crippen LogP contribution in [-0.4, -0.2) is 48.8 Å². The molecule has 6 nitrogen and oxygen atoms in total. The molecule has 0 saturated heterocycles. The maximum Gasteiger partial charge on any atom is 0.201 e. The van der Waals surface area contributed by atoms with Crippen molar-refractivity contribution in [2.45, 2.75) is 13.0 Å². The second-order valence-electron chi connectivity index (χ2n) is 6.54. The van der Waals surface area contributed by atoms with E-state index < -0.39 is 5.78 Å². The summed E-state index contributed by atoms with van der Waals surface area (Å²) in [5.41, 5.74) is 6.75. The fourth-order valence-electron chi connectivity index (χ4n) is 3.13. The van der Waals surface area contributed by atoms with Crippen LogP contribution >= 0.6 is 24.8 Å². The number of nitrogens with two attached hydrogens (primary N) is 1. The normalized spacial score (nSPS) is 12.0. The zero-order valence-electron chi connectivity index (χ0n) is 15.7. The molecule has 3 N–H and O–H groups in total. The molecule has 0 saturated carbocycles. The number of aromatic hydroxyl groups is 1. The van der Waals surface area contributed by atoms with Crippen molar-refractivity contribution >= 4 is 36.4 Å². The Morgan fingerprint density at radius 1 is 1.00 bits per heavy atom. The maximum atomic E-state index is 13.1. The number of phenols is 1. The van der Waals surface area contributed by atoms with E-state index in [1.807, 2.05) is 19.0 Å². The number of fused-ring (bicyclic) bond motifs is 2. The fraction of sp³-hybridized carbons (Fsp3) is 0.300. The van der Waals surface area contributed by atoms with Gasteiger partial charge in [0.05, 0.1) is 17.7 Å². The monoisotopic (exact) mass is 426 g/mol. The molecule has 0 fully saturated rings. The highest BCUT2D eigenvalue weighted by Crippen LogP contribution is 2.38. The molecule has 0 unspecified atom stereocenters. The van der Waals surface area contributed by atoms with Gasteiger partial charge in [0.25, 0.3) is 0 Å². The Morgan fingerprint density at radius 3 is 2.32 bits per heavy atom. The molecule has 2 aromatic carbocycles. The summed E-state index contributed by atoms with van der Waals surface area (Å²) < 4.78 is 5.78. The van der Waals surface area contributed by atoms with E-state index >= 15 is 0 Å². The van der Waals surface area contributed by atoms with Crippen LogP contribution in [0.4, 0.5) is 0 Å². The third-order valence-corrected chi connectivity index (χ3v) is 4.46. The number of nitrogens with zero attached hydrogens (tertiary/aromatic N) is 1. The fourth-order valence-corrected chi connectivity index (χ4v) is 3.13. The molecule has 152 valence electrons. The van der Waals surface area contributed by atoms with E-state index in [4.69, 9.17) is 10.5 Å². The average Bonchev–Trinajstić information content (AvgIpc) is 2.62. The standard InChI is InChI=1S/C20H22N2O4.2ClH/c1-22(2)9-4-10-26-15-6-3-5-13-16(15)20(25)17-14(19(13)24)8-7-12(11-21)18(17)23;;/h3,5-8,23H,4,9-11,21H2,1-2H3;2*1H. The minimum atomic E-state index is -0.411. The van der Waals surface area contributed by atoms with Gasteiger partial charge in [-0.1, -0.05) is 18.2 Å². The van der Waals surface area contributed by atoms with Gasteiger partial charge >= 0.3 is 0 Å². The Kier molecular flexibility index (Phi) is 8.45. The van der Waals surface area contributed by atoms with Gasteiger partial charge in [0.15, 0.2) is 5.78 Å². The smallest absolute Gasteiger partial charge is 0.201 e. The lowest BCUT2D eigenvalue weighted by atomic mass is 9.82. The zero-order valence-corrected chi connectivity index (χ0v) is 17.4. The summed E-state index contributed by atoms with van der Waals surface area (Å²) in [7, 11) is 3.95. The van der Waals surface area contributed by atoms with E-state index in [9.17, 15) is 14.7 Å². The molecule has 0 atom stereocenters. The van der Waals surface area contributed by atoms with Crippen molar-refractivity contribution < 1.29 is 19.4 Å². The summed E-state index contributed by atoms with van der Waals surface area (Å²) in [6.07, 6.45) is 0.790. The SMILES string of the molecule is CN(C)CCCOc1cccc2c1C(=O)c1c(ccc(CN)c1O)C2=O.Cl.Cl. The van der Waals surface area contributed by atoms with Gasteiger partial charge in [-0.25, -0.2) is 0 Å². The van der Waals surface area contributed by atoms with Gasteiger partial charge in [0.2, 0.25) is 5.78 Å². The molecule has 0 spiro atoms. The number of rotatable bonds is 6. The molecule has 2 aromatic rings. The Hall–Kier alpha value is -2.12. The second kappa shape index (κ2) is 9.89.